The maximum absolute atomic E-state index is 12.3. The van der Waals surface area contributed by atoms with Crippen LogP contribution in [0, 0.1) is 0 Å². The lowest BCUT2D eigenvalue weighted by Gasteiger charge is -2.26. The molecule has 0 aliphatic carbocycles. The predicted molar refractivity (Wildman–Crippen MR) is 111 cm³/mol. The molecule has 1 aromatic carbocycles. The van der Waals surface area contributed by atoms with Crippen molar-refractivity contribution >= 4 is 29.2 Å². The van der Waals surface area contributed by atoms with E-state index in [1.807, 2.05) is 23.1 Å². The maximum Gasteiger partial charge on any atom is 0.292 e. The van der Waals surface area contributed by atoms with Gasteiger partial charge < -0.3 is 20.8 Å². The van der Waals surface area contributed by atoms with Gasteiger partial charge in [0.1, 0.15) is 6.26 Å². The van der Waals surface area contributed by atoms with Crippen molar-refractivity contribution in [3.63, 3.8) is 0 Å². The molecule has 29 heavy (non-hydrogen) atoms. The Morgan fingerprint density at radius 2 is 2.10 bits per heavy atom. The number of nitrogens with zero attached hydrogens (tertiary/aromatic N) is 4. The number of nitrogens with one attached hydrogen (secondary N) is 2. The van der Waals surface area contributed by atoms with Gasteiger partial charge >= 0.3 is 0 Å². The molecular formula is C19H22ClN7O2. The number of rotatable bonds is 6. The van der Waals surface area contributed by atoms with Gasteiger partial charge in [-0.1, -0.05) is 17.7 Å². The number of nitrogen functional groups attached to an aromatic ring is 1. The molecule has 9 nitrogen and oxygen atoms in total. The number of nitrogens with two attached hydrogens (primary N) is 1. The Hall–Kier alpha value is -2.88. The molecular weight excluding hydrogens is 394 g/mol. The monoisotopic (exact) mass is 415 g/mol. The van der Waals surface area contributed by atoms with E-state index >= 15 is 0 Å². The lowest BCUT2D eigenvalue weighted by molar-refractivity contribution is 0.102. The number of hydrogen-bond donors (Lipinski definition) is 3. The van der Waals surface area contributed by atoms with E-state index in [4.69, 9.17) is 21.8 Å². The van der Waals surface area contributed by atoms with Crippen LogP contribution in [0.2, 0.25) is 5.02 Å². The van der Waals surface area contributed by atoms with Gasteiger partial charge in [0.2, 0.25) is 0 Å². The second-order valence-corrected chi connectivity index (χ2v) is 7.21. The molecule has 2 aromatic heterocycles. The van der Waals surface area contributed by atoms with Crippen LogP contribution in [0.5, 0.6) is 0 Å². The summed E-state index contributed by atoms with van der Waals surface area (Å²) in [6.07, 6.45) is 5.01. The molecule has 0 spiro atoms. The van der Waals surface area contributed by atoms with Gasteiger partial charge in [0.05, 0.1) is 23.5 Å². The number of anilines is 2. The first kappa shape index (κ1) is 19.4. The van der Waals surface area contributed by atoms with Gasteiger partial charge in [-0.3, -0.25) is 14.4 Å². The van der Waals surface area contributed by atoms with Crippen molar-refractivity contribution in [2.45, 2.75) is 6.54 Å². The van der Waals surface area contributed by atoms with Crippen LogP contribution in [0.15, 0.2) is 41.3 Å². The second kappa shape index (κ2) is 8.64. The van der Waals surface area contributed by atoms with E-state index in [9.17, 15) is 4.79 Å². The summed E-state index contributed by atoms with van der Waals surface area (Å²) in [5.41, 5.74) is 7.83. The van der Waals surface area contributed by atoms with Gasteiger partial charge in [0.15, 0.2) is 5.69 Å². The molecule has 4 rings (SSSR count). The molecule has 1 saturated heterocycles. The molecule has 1 amide bonds. The van der Waals surface area contributed by atoms with Gasteiger partial charge in [-0.15, -0.1) is 0 Å². The van der Waals surface area contributed by atoms with Crippen molar-refractivity contribution in [2.24, 2.45) is 0 Å². The Bertz CT molecular complexity index is 994. The molecule has 3 heterocycles. The molecule has 0 bridgehead atoms. The lowest BCUT2D eigenvalue weighted by Crippen LogP contribution is -2.44. The summed E-state index contributed by atoms with van der Waals surface area (Å²) in [5, 5.41) is 11.0. The maximum atomic E-state index is 12.3. The summed E-state index contributed by atoms with van der Waals surface area (Å²) in [4.78, 5) is 18.5. The van der Waals surface area contributed by atoms with Crippen LogP contribution in [0.3, 0.4) is 0 Å². The predicted octanol–water partition coefficient (Wildman–Crippen LogP) is 1.93. The number of carbonyl (C=O) groups is 1. The average molecular weight is 416 g/mol. The first-order valence-corrected chi connectivity index (χ1v) is 9.74. The van der Waals surface area contributed by atoms with Crippen LogP contribution in [0.1, 0.15) is 10.5 Å². The Balaban J connectivity index is 1.44. The smallest absolute Gasteiger partial charge is 0.292 e. The third kappa shape index (κ3) is 4.76. The van der Waals surface area contributed by atoms with E-state index in [1.54, 1.807) is 12.1 Å². The number of amides is 1. The summed E-state index contributed by atoms with van der Waals surface area (Å²) in [5.74, 6) is -0.448. The van der Waals surface area contributed by atoms with Gasteiger partial charge in [-0.05, 0) is 17.7 Å². The minimum Gasteiger partial charge on any atom is -0.431 e. The molecule has 0 radical (unpaired) electrons. The summed E-state index contributed by atoms with van der Waals surface area (Å²) in [6.45, 7) is 5.97. The van der Waals surface area contributed by atoms with Gasteiger partial charge in [-0.25, -0.2) is 0 Å². The molecule has 10 heteroatoms. The average Bonchev–Trinajstić information content (AvgIpc) is 3.38. The standard InChI is InChI=1S/C19H22ClN7O2/c20-15-2-1-13(9-16(15)24-18(28)17-12-29-19(21)25-17)14-10-23-27(11-14)8-7-26-5-3-22-4-6-26/h1-2,9-12,22H,3-8H2,(H2,21,25)(H,24,28). The van der Waals surface area contributed by atoms with Crippen molar-refractivity contribution < 1.29 is 9.21 Å². The lowest BCUT2D eigenvalue weighted by atomic mass is 10.1. The van der Waals surface area contributed by atoms with E-state index in [1.165, 1.54) is 6.26 Å². The number of aromatic nitrogens is 3. The van der Waals surface area contributed by atoms with Crippen molar-refractivity contribution in [3.8, 4) is 11.1 Å². The zero-order valence-electron chi connectivity index (χ0n) is 15.8. The first-order chi connectivity index (χ1) is 14.1. The number of hydrogen-bond acceptors (Lipinski definition) is 7. The van der Waals surface area contributed by atoms with Crippen LogP contribution in [-0.4, -0.2) is 58.3 Å². The van der Waals surface area contributed by atoms with Gasteiger partial charge in [0.25, 0.3) is 11.9 Å². The molecule has 4 N–H and O–H groups in total. The number of piperazine rings is 1. The van der Waals surface area contributed by atoms with Crippen LogP contribution in [0.4, 0.5) is 11.7 Å². The minimum atomic E-state index is -0.448. The highest BCUT2D eigenvalue weighted by Crippen LogP contribution is 2.29. The van der Waals surface area contributed by atoms with Gasteiger partial charge in [-0.2, -0.15) is 10.1 Å². The van der Waals surface area contributed by atoms with Crippen molar-refractivity contribution in [2.75, 3.05) is 43.8 Å². The third-order valence-corrected chi connectivity index (χ3v) is 5.12. The van der Waals surface area contributed by atoms with Crippen LogP contribution in [-0.2, 0) is 6.54 Å². The van der Waals surface area contributed by atoms with E-state index in [2.05, 4.69) is 25.6 Å². The Morgan fingerprint density at radius 1 is 1.28 bits per heavy atom. The molecule has 1 fully saturated rings. The second-order valence-electron chi connectivity index (χ2n) is 6.80. The highest BCUT2D eigenvalue weighted by molar-refractivity contribution is 6.34. The molecule has 1 aliphatic rings. The zero-order chi connectivity index (χ0) is 20.2. The van der Waals surface area contributed by atoms with E-state index in [0.29, 0.717) is 10.7 Å². The summed E-state index contributed by atoms with van der Waals surface area (Å²) >= 11 is 6.25. The SMILES string of the molecule is Nc1nc(C(=O)Nc2cc(-c3cnn(CCN4CCNCC4)c3)ccc2Cl)co1. The quantitative estimate of drug-likeness (QED) is 0.563. The highest BCUT2D eigenvalue weighted by Gasteiger charge is 2.14. The highest BCUT2D eigenvalue weighted by atomic mass is 35.5. The fraction of sp³-hybridized carbons (Fsp3) is 0.316. The van der Waals surface area contributed by atoms with Crippen molar-refractivity contribution in [1.82, 2.24) is 25.0 Å². The van der Waals surface area contributed by atoms with Crippen molar-refractivity contribution in [1.29, 1.82) is 0 Å². The Morgan fingerprint density at radius 3 is 2.86 bits per heavy atom. The zero-order valence-corrected chi connectivity index (χ0v) is 16.5. The van der Waals surface area contributed by atoms with Crippen LogP contribution < -0.4 is 16.4 Å². The summed E-state index contributed by atoms with van der Waals surface area (Å²) in [7, 11) is 0. The molecule has 3 aromatic rings. The Kier molecular flexibility index (Phi) is 5.79. The van der Waals surface area contributed by atoms with E-state index in [-0.39, 0.29) is 11.7 Å². The van der Waals surface area contributed by atoms with Crippen LogP contribution >= 0.6 is 11.6 Å². The van der Waals surface area contributed by atoms with E-state index < -0.39 is 5.91 Å². The summed E-state index contributed by atoms with van der Waals surface area (Å²) < 4.78 is 6.80. The molecule has 0 atom stereocenters. The Labute approximate surface area is 172 Å². The normalized spacial score (nSPS) is 14.8. The topological polar surface area (TPSA) is 114 Å². The van der Waals surface area contributed by atoms with Crippen molar-refractivity contribution in [3.05, 3.63) is 47.6 Å². The number of oxazole rings is 1. The molecule has 0 saturated carbocycles. The number of halogens is 1. The van der Waals surface area contributed by atoms with E-state index in [0.717, 1.165) is 50.4 Å². The van der Waals surface area contributed by atoms with Crippen LogP contribution in [0.25, 0.3) is 11.1 Å². The van der Waals surface area contributed by atoms with Gasteiger partial charge in [0, 0.05) is 44.5 Å². The molecule has 0 unspecified atom stereocenters. The fourth-order valence-corrected chi connectivity index (χ4v) is 3.36. The third-order valence-electron chi connectivity index (χ3n) is 4.79. The largest absolute Gasteiger partial charge is 0.431 e. The minimum absolute atomic E-state index is 0.0665. The molecule has 1 aliphatic heterocycles. The fourth-order valence-electron chi connectivity index (χ4n) is 3.19. The number of carbonyl (C=O) groups excluding carboxylic acids is 1. The first-order valence-electron chi connectivity index (χ1n) is 9.36. The summed E-state index contributed by atoms with van der Waals surface area (Å²) in [6, 6.07) is 5.37. The molecule has 152 valence electrons. The number of benzene rings is 1.